The summed E-state index contributed by atoms with van der Waals surface area (Å²) in [5.74, 6) is 0.302. The van der Waals surface area contributed by atoms with Crippen LogP contribution < -0.4 is 10.5 Å². The zero-order valence-electron chi connectivity index (χ0n) is 11.5. The molecule has 5 nitrogen and oxygen atoms in total. The van der Waals surface area contributed by atoms with Crippen LogP contribution in [0, 0.1) is 11.3 Å². The summed E-state index contributed by atoms with van der Waals surface area (Å²) in [4.78, 5) is 14.1. The minimum Gasteiger partial charge on any atom is -0.495 e. The van der Waals surface area contributed by atoms with E-state index in [1.165, 1.54) is 7.11 Å². The third kappa shape index (κ3) is 3.38. The van der Waals surface area contributed by atoms with Gasteiger partial charge in [0.05, 0.1) is 30.9 Å². The molecular weight excluding hydrogens is 242 g/mol. The molecule has 0 saturated carbocycles. The normalized spacial score (nSPS) is 10.1. The summed E-state index contributed by atoms with van der Waals surface area (Å²) in [6.45, 7) is 4.21. The van der Waals surface area contributed by atoms with E-state index in [-0.39, 0.29) is 11.9 Å². The Kier molecular flexibility index (Phi) is 5.19. The summed E-state index contributed by atoms with van der Waals surface area (Å²) in [5, 5.41) is 8.65. The number of anilines is 1. The minimum absolute atomic E-state index is 0.00597. The van der Waals surface area contributed by atoms with Crippen LogP contribution in [0.4, 0.5) is 5.69 Å². The summed E-state index contributed by atoms with van der Waals surface area (Å²) in [6.07, 6.45) is 0.299. The second-order valence-electron chi connectivity index (χ2n) is 4.42. The lowest BCUT2D eigenvalue weighted by Gasteiger charge is -2.26. The van der Waals surface area contributed by atoms with Crippen LogP contribution >= 0.6 is 0 Å². The highest BCUT2D eigenvalue weighted by Gasteiger charge is 2.21. The number of carbonyl (C=O) groups excluding carboxylic acids is 1. The molecule has 1 rings (SSSR count). The highest BCUT2D eigenvalue weighted by Crippen LogP contribution is 2.26. The van der Waals surface area contributed by atoms with Crippen LogP contribution in [-0.2, 0) is 0 Å². The Morgan fingerprint density at radius 2 is 2.21 bits per heavy atom. The van der Waals surface area contributed by atoms with Crippen LogP contribution in [0.2, 0.25) is 0 Å². The molecule has 0 heterocycles. The third-order valence-electron chi connectivity index (χ3n) is 2.87. The van der Waals surface area contributed by atoms with Gasteiger partial charge in [0.1, 0.15) is 5.75 Å². The van der Waals surface area contributed by atoms with Gasteiger partial charge in [0.25, 0.3) is 5.91 Å². The Morgan fingerprint density at radius 3 is 2.74 bits per heavy atom. The van der Waals surface area contributed by atoms with Gasteiger partial charge in [-0.05, 0) is 26.0 Å². The molecule has 0 atom stereocenters. The molecule has 2 N–H and O–H groups in total. The van der Waals surface area contributed by atoms with Gasteiger partial charge in [-0.25, -0.2) is 0 Å². The van der Waals surface area contributed by atoms with Gasteiger partial charge in [0.2, 0.25) is 0 Å². The zero-order valence-corrected chi connectivity index (χ0v) is 11.5. The van der Waals surface area contributed by atoms with E-state index in [0.717, 1.165) is 0 Å². The second kappa shape index (κ2) is 6.64. The Hall–Kier alpha value is -2.22. The maximum absolute atomic E-state index is 12.5. The van der Waals surface area contributed by atoms with E-state index in [0.29, 0.717) is 30.0 Å². The number of nitrogens with zero attached hydrogens (tertiary/aromatic N) is 2. The first-order valence-electron chi connectivity index (χ1n) is 6.13. The molecule has 0 bridgehead atoms. The topological polar surface area (TPSA) is 79.3 Å². The number of rotatable bonds is 5. The van der Waals surface area contributed by atoms with Crippen LogP contribution in [0.3, 0.4) is 0 Å². The van der Waals surface area contributed by atoms with Crippen molar-refractivity contribution < 1.29 is 9.53 Å². The summed E-state index contributed by atoms with van der Waals surface area (Å²) < 4.78 is 5.11. The maximum atomic E-state index is 12.5. The van der Waals surface area contributed by atoms with Crippen molar-refractivity contribution in [1.82, 2.24) is 4.90 Å². The van der Waals surface area contributed by atoms with Gasteiger partial charge in [0, 0.05) is 12.6 Å². The fourth-order valence-corrected chi connectivity index (χ4v) is 1.83. The van der Waals surface area contributed by atoms with Crippen LogP contribution in [-0.4, -0.2) is 30.5 Å². The molecule has 102 valence electrons. The van der Waals surface area contributed by atoms with Crippen molar-refractivity contribution in [2.45, 2.75) is 26.3 Å². The van der Waals surface area contributed by atoms with E-state index in [4.69, 9.17) is 15.7 Å². The third-order valence-corrected chi connectivity index (χ3v) is 2.87. The monoisotopic (exact) mass is 261 g/mol. The smallest absolute Gasteiger partial charge is 0.256 e. The number of nitrogen functional groups attached to an aromatic ring is 1. The Balaban J connectivity index is 3.06. The molecular formula is C14H19N3O2. The predicted octanol–water partition coefficient (Wildman–Crippen LogP) is 2.04. The van der Waals surface area contributed by atoms with Gasteiger partial charge < -0.3 is 15.4 Å². The van der Waals surface area contributed by atoms with Gasteiger partial charge in [-0.1, -0.05) is 6.07 Å². The lowest BCUT2D eigenvalue weighted by molar-refractivity contribution is 0.0711. The molecule has 0 saturated heterocycles. The molecule has 0 aliphatic carbocycles. The Labute approximate surface area is 113 Å². The maximum Gasteiger partial charge on any atom is 0.256 e. The molecule has 1 amide bonds. The van der Waals surface area contributed by atoms with Crippen molar-refractivity contribution in [3.8, 4) is 11.8 Å². The van der Waals surface area contributed by atoms with E-state index in [1.54, 1.807) is 23.1 Å². The van der Waals surface area contributed by atoms with Crippen LogP contribution in [0.15, 0.2) is 18.2 Å². The van der Waals surface area contributed by atoms with E-state index in [1.807, 2.05) is 19.9 Å². The van der Waals surface area contributed by atoms with E-state index >= 15 is 0 Å². The quantitative estimate of drug-likeness (QED) is 0.822. The van der Waals surface area contributed by atoms with Crippen molar-refractivity contribution >= 4 is 11.6 Å². The number of hydrogen-bond acceptors (Lipinski definition) is 4. The zero-order chi connectivity index (χ0) is 14.4. The van der Waals surface area contributed by atoms with Crippen molar-refractivity contribution in [1.29, 1.82) is 5.26 Å². The molecule has 0 spiro atoms. The standard InChI is InChI=1S/C14H19N3O2/c1-10(2)17(9-5-8-15)14(18)11-6-4-7-12(19-3)13(11)16/h4,6-7,10H,5,9,16H2,1-3H3. The summed E-state index contributed by atoms with van der Waals surface area (Å²) >= 11 is 0. The molecule has 0 aliphatic heterocycles. The van der Waals surface area contributed by atoms with Crippen molar-refractivity contribution in [3.63, 3.8) is 0 Å². The van der Waals surface area contributed by atoms with Gasteiger partial charge in [-0.15, -0.1) is 0 Å². The number of hydrogen-bond donors (Lipinski definition) is 1. The number of carbonyl (C=O) groups is 1. The molecule has 0 fully saturated rings. The van der Waals surface area contributed by atoms with E-state index in [9.17, 15) is 4.79 Å². The van der Waals surface area contributed by atoms with E-state index in [2.05, 4.69) is 0 Å². The van der Waals surface area contributed by atoms with Crippen molar-refractivity contribution in [3.05, 3.63) is 23.8 Å². The van der Waals surface area contributed by atoms with Gasteiger partial charge in [-0.3, -0.25) is 4.79 Å². The first kappa shape index (κ1) is 14.8. The number of amides is 1. The van der Waals surface area contributed by atoms with Crippen LogP contribution in [0.1, 0.15) is 30.6 Å². The minimum atomic E-state index is -0.179. The molecule has 0 aromatic heterocycles. The molecule has 0 aliphatic rings. The highest BCUT2D eigenvalue weighted by molar-refractivity contribution is 6.00. The summed E-state index contributed by atoms with van der Waals surface area (Å²) in [7, 11) is 1.51. The summed E-state index contributed by atoms with van der Waals surface area (Å²) in [6, 6.07) is 7.16. The van der Waals surface area contributed by atoms with Crippen molar-refractivity contribution in [2.24, 2.45) is 0 Å². The number of benzene rings is 1. The first-order valence-corrected chi connectivity index (χ1v) is 6.13. The molecule has 19 heavy (non-hydrogen) atoms. The van der Waals surface area contributed by atoms with Crippen LogP contribution in [0.5, 0.6) is 5.75 Å². The fraction of sp³-hybridized carbons (Fsp3) is 0.429. The van der Waals surface area contributed by atoms with Gasteiger partial charge in [0.15, 0.2) is 0 Å². The van der Waals surface area contributed by atoms with Gasteiger partial charge in [-0.2, -0.15) is 5.26 Å². The lowest BCUT2D eigenvalue weighted by atomic mass is 10.1. The SMILES string of the molecule is COc1cccc(C(=O)N(CCC#N)C(C)C)c1N. The Bertz CT molecular complexity index is 492. The number of ether oxygens (including phenoxy) is 1. The van der Waals surface area contributed by atoms with Gasteiger partial charge >= 0.3 is 0 Å². The Morgan fingerprint density at radius 1 is 1.53 bits per heavy atom. The molecule has 5 heteroatoms. The lowest BCUT2D eigenvalue weighted by Crippen LogP contribution is -2.38. The second-order valence-corrected chi connectivity index (χ2v) is 4.42. The predicted molar refractivity (Wildman–Crippen MR) is 73.8 cm³/mol. The fourth-order valence-electron chi connectivity index (χ4n) is 1.83. The molecule has 1 aromatic rings. The number of methoxy groups -OCH3 is 1. The molecule has 0 unspecified atom stereocenters. The first-order chi connectivity index (χ1) is 9.02. The summed E-state index contributed by atoms with van der Waals surface area (Å²) in [5.41, 5.74) is 6.66. The van der Waals surface area contributed by atoms with Crippen LogP contribution in [0.25, 0.3) is 0 Å². The number of nitriles is 1. The largest absolute Gasteiger partial charge is 0.495 e. The average Bonchev–Trinajstić information content (AvgIpc) is 2.38. The average molecular weight is 261 g/mol. The number of nitrogens with two attached hydrogens (primary N) is 1. The molecule has 0 radical (unpaired) electrons. The highest BCUT2D eigenvalue weighted by atomic mass is 16.5. The van der Waals surface area contributed by atoms with Crippen molar-refractivity contribution in [2.75, 3.05) is 19.4 Å². The number of para-hydroxylation sites is 1. The molecule has 1 aromatic carbocycles. The van der Waals surface area contributed by atoms with E-state index < -0.39 is 0 Å².